The Morgan fingerprint density at radius 2 is 1.75 bits per heavy atom. The summed E-state index contributed by atoms with van der Waals surface area (Å²) < 4.78 is 5.00. The van der Waals surface area contributed by atoms with Gasteiger partial charge in [0.05, 0.1) is 0 Å². The summed E-state index contributed by atoms with van der Waals surface area (Å²) >= 11 is 0. The normalized spacial score (nSPS) is 13.2. The molecule has 0 bridgehead atoms. The Bertz CT molecular complexity index is 258. The number of ether oxygens (including phenoxy) is 1. The number of hydrogen-bond acceptors (Lipinski definition) is 4. The van der Waals surface area contributed by atoms with E-state index >= 15 is 0 Å². The standard InChI is InChI=1S/C10H20N2O4/c1-6(2)7(8(13)12-15)11-9(14)16-10(3,4)5/h6-7,15H,1-5H3,(H,11,14)(H,12,13)/t7-/m0/s1. The smallest absolute Gasteiger partial charge is 0.408 e. The number of hydroxylamine groups is 1. The van der Waals surface area contributed by atoms with E-state index in [0.29, 0.717) is 0 Å². The maximum Gasteiger partial charge on any atom is 0.408 e. The highest BCUT2D eigenvalue weighted by atomic mass is 16.6. The van der Waals surface area contributed by atoms with Crippen LogP contribution in [-0.2, 0) is 9.53 Å². The first-order chi connectivity index (χ1) is 7.17. The van der Waals surface area contributed by atoms with E-state index in [9.17, 15) is 9.59 Å². The molecule has 3 N–H and O–H groups in total. The molecule has 0 unspecified atom stereocenters. The highest BCUT2D eigenvalue weighted by Crippen LogP contribution is 2.08. The van der Waals surface area contributed by atoms with E-state index in [2.05, 4.69) is 5.32 Å². The van der Waals surface area contributed by atoms with Gasteiger partial charge >= 0.3 is 6.09 Å². The van der Waals surface area contributed by atoms with Gasteiger partial charge < -0.3 is 10.1 Å². The monoisotopic (exact) mass is 232 g/mol. The second-order valence-corrected chi connectivity index (χ2v) is 4.84. The third-order valence-electron chi connectivity index (χ3n) is 1.73. The van der Waals surface area contributed by atoms with Crippen LogP contribution in [-0.4, -0.2) is 28.9 Å². The lowest BCUT2D eigenvalue weighted by Gasteiger charge is -2.24. The fourth-order valence-electron chi connectivity index (χ4n) is 1.04. The molecule has 1 atom stereocenters. The van der Waals surface area contributed by atoms with Gasteiger partial charge in [-0.25, -0.2) is 10.3 Å². The van der Waals surface area contributed by atoms with Crippen LogP contribution in [0.1, 0.15) is 34.6 Å². The first-order valence-electron chi connectivity index (χ1n) is 5.11. The molecule has 0 aliphatic heterocycles. The molecule has 0 aromatic rings. The molecule has 0 spiro atoms. The minimum absolute atomic E-state index is 0.153. The van der Waals surface area contributed by atoms with Gasteiger partial charge in [0.1, 0.15) is 11.6 Å². The fraction of sp³-hybridized carbons (Fsp3) is 0.800. The number of hydrogen-bond donors (Lipinski definition) is 3. The summed E-state index contributed by atoms with van der Waals surface area (Å²) in [5.41, 5.74) is 0.882. The maximum atomic E-state index is 11.4. The minimum atomic E-state index is -0.820. The summed E-state index contributed by atoms with van der Waals surface area (Å²) in [5, 5.41) is 10.9. The molecule has 0 aromatic heterocycles. The van der Waals surface area contributed by atoms with E-state index in [0.717, 1.165) is 0 Å². The Morgan fingerprint density at radius 3 is 2.06 bits per heavy atom. The topological polar surface area (TPSA) is 87.7 Å². The average molecular weight is 232 g/mol. The summed E-state index contributed by atoms with van der Waals surface area (Å²) in [4.78, 5) is 22.6. The third kappa shape index (κ3) is 5.55. The van der Waals surface area contributed by atoms with E-state index in [1.54, 1.807) is 34.6 Å². The van der Waals surface area contributed by atoms with Crippen LogP contribution in [0.25, 0.3) is 0 Å². The largest absolute Gasteiger partial charge is 0.444 e. The third-order valence-corrected chi connectivity index (χ3v) is 1.73. The van der Waals surface area contributed by atoms with Crippen molar-refractivity contribution in [3.05, 3.63) is 0 Å². The Labute approximate surface area is 95.3 Å². The van der Waals surface area contributed by atoms with Crippen LogP contribution in [0.4, 0.5) is 4.79 Å². The van der Waals surface area contributed by atoms with Crippen molar-refractivity contribution in [1.82, 2.24) is 10.8 Å². The summed E-state index contributed by atoms with van der Waals surface area (Å²) in [6.07, 6.45) is -0.685. The highest BCUT2D eigenvalue weighted by molar-refractivity contribution is 5.85. The molecule has 94 valence electrons. The van der Waals surface area contributed by atoms with Gasteiger partial charge in [-0.3, -0.25) is 10.0 Å². The Morgan fingerprint density at radius 1 is 1.25 bits per heavy atom. The van der Waals surface area contributed by atoms with Crippen molar-refractivity contribution < 1.29 is 19.5 Å². The van der Waals surface area contributed by atoms with Gasteiger partial charge in [-0.1, -0.05) is 13.8 Å². The Kier molecular flexibility index (Phi) is 5.23. The molecule has 0 rings (SSSR count). The molecule has 2 amide bonds. The molecule has 16 heavy (non-hydrogen) atoms. The predicted octanol–water partition coefficient (Wildman–Crippen LogP) is 1.04. The van der Waals surface area contributed by atoms with Gasteiger partial charge in [0.25, 0.3) is 5.91 Å². The highest BCUT2D eigenvalue weighted by Gasteiger charge is 2.26. The number of alkyl carbamates (subject to hydrolysis) is 1. The lowest BCUT2D eigenvalue weighted by atomic mass is 10.0. The SMILES string of the molecule is CC(C)[C@H](NC(=O)OC(C)(C)C)C(=O)NO. The summed E-state index contributed by atoms with van der Waals surface area (Å²) in [7, 11) is 0. The molecule has 0 fully saturated rings. The zero-order valence-corrected chi connectivity index (χ0v) is 10.3. The van der Waals surface area contributed by atoms with Crippen molar-refractivity contribution in [2.24, 2.45) is 5.92 Å². The lowest BCUT2D eigenvalue weighted by molar-refractivity contribution is -0.132. The van der Waals surface area contributed by atoms with Crippen molar-refractivity contribution in [2.75, 3.05) is 0 Å². The van der Waals surface area contributed by atoms with Crippen LogP contribution < -0.4 is 10.8 Å². The summed E-state index contributed by atoms with van der Waals surface area (Å²) in [6.45, 7) is 8.67. The van der Waals surface area contributed by atoms with Crippen LogP contribution in [0.15, 0.2) is 0 Å². The van der Waals surface area contributed by atoms with Crippen LogP contribution in [0, 0.1) is 5.92 Å². The van der Waals surface area contributed by atoms with Crippen LogP contribution >= 0.6 is 0 Å². The summed E-state index contributed by atoms with van der Waals surface area (Å²) in [6, 6.07) is -0.820. The predicted molar refractivity (Wildman–Crippen MR) is 57.9 cm³/mol. The molecule has 6 nitrogen and oxygen atoms in total. The average Bonchev–Trinajstić information content (AvgIpc) is 2.09. The molecule has 0 saturated carbocycles. The zero-order valence-electron chi connectivity index (χ0n) is 10.3. The van der Waals surface area contributed by atoms with Crippen molar-refractivity contribution in [3.63, 3.8) is 0 Å². The Balaban J connectivity index is 4.42. The van der Waals surface area contributed by atoms with Gasteiger partial charge in [-0.15, -0.1) is 0 Å². The first kappa shape index (κ1) is 14.7. The number of rotatable bonds is 3. The van der Waals surface area contributed by atoms with Crippen molar-refractivity contribution in [1.29, 1.82) is 0 Å². The molecule has 0 aromatic carbocycles. The van der Waals surface area contributed by atoms with Gasteiger partial charge in [0.15, 0.2) is 0 Å². The van der Waals surface area contributed by atoms with E-state index < -0.39 is 23.6 Å². The van der Waals surface area contributed by atoms with Gasteiger partial charge in [-0.2, -0.15) is 0 Å². The van der Waals surface area contributed by atoms with Crippen LogP contribution in [0.2, 0.25) is 0 Å². The molecule has 0 aliphatic carbocycles. The van der Waals surface area contributed by atoms with Gasteiger partial charge in [0, 0.05) is 0 Å². The molecular weight excluding hydrogens is 212 g/mol. The fourth-order valence-corrected chi connectivity index (χ4v) is 1.04. The van der Waals surface area contributed by atoms with Crippen LogP contribution in [0.5, 0.6) is 0 Å². The number of nitrogens with one attached hydrogen (secondary N) is 2. The number of carbonyl (C=O) groups is 2. The quantitative estimate of drug-likeness (QED) is 0.501. The molecule has 0 saturated heterocycles. The zero-order chi connectivity index (χ0) is 12.9. The van der Waals surface area contributed by atoms with Gasteiger partial charge in [0.2, 0.25) is 0 Å². The van der Waals surface area contributed by atoms with Crippen LogP contribution in [0.3, 0.4) is 0 Å². The van der Waals surface area contributed by atoms with E-state index in [4.69, 9.17) is 9.94 Å². The maximum absolute atomic E-state index is 11.4. The minimum Gasteiger partial charge on any atom is -0.444 e. The van der Waals surface area contributed by atoms with Crippen molar-refractivity contribution in [2.45, 2.75) is 46.3 Å². The van der Waals surface area contributed by atoms with E-state index in [1.165, 1.54) is 5.48 Å². The lowest BCUT2D eigenvalue weighted by Crippen LogP contribution is -2.50. The van der Waals surface area contributed by atoms with Gasteiger partial charge in [-0.05, 0) is 26.7 Å². The first-order valence-corrected chi connectivity index (χ1v) is 5.11. The Hall–Kier alpha value is -1.30. The second kappa shape index (κ2) is 5.69. The van der Waals surface area contributed by atoms with E-state index in [1.807, 2.05) is 0 Å². The molecular formula is C10H20N2O4. The summed E-state index contributed by atoms with van der Waals surface area (Å²) in [5.74, 6) is -0.819. The number of carbonyl (C=O) groups excluding carboxylic acids is 2. The van der Waals surface area contributed by atoms with E-state index in [-0.39, 0.29) is 5.92 Å². The molecule has 0 heterocycles. The molecule has 0 radical (unpaired) electrons. The molecule has 6 heteroatoms. The second-order valence-electron chi connectivity index (χ2n) is 4.84. The van der Waals surface area contributed by atoms with Crippen molar-refractivity contribution >= 4 is 12.0 Å². The molecule has 0 aliphatic rings. The number of amides is 2. The van der Waals surface area contributed by atoms with Crippen molar-refractivity contribution in [3.8, 4) is 0 Å².